The van der Waals surface area contributed by atoms with E-state index in [1.165, 1.54) is 0 Å². The number of carbonyl (C=O) groups excluding carboxylic acids is 2. The van der Waals surface area contributed by atoms with Crippen LogP contribution in [0.1, 0.15) is 29.3 Å². The molecule has 2 rings (SSSR count). The predicted molar refractivity (Wildman–Crippen MR) is 116 cm³/mol. The molecule has 0 bridgehead atoms. The summed E-state index contributed by atoms with van der Waals surface area (Å²) in [5, 5.41) is 5.79. The fraction of sp³-hybridized carbons (Fsp3) is 0.300. The maximum atomic E-state index is 12.6. The molecule has 0 aliphatic heterocycles. The van der Waals surface area contributed by atoms with Crippen LogP contribution in [0, 0.1) is 6.92 Å². The van der Waals surface area contributed by atoms with Crippen LogP contribution in [0.25, 0.3) is 0 Å². The summed E-state index contributed by atoms with van der Waals surface area (Å²) in [6.07, 6.45) is 1.80. The van der Waals surface area contributed by atoms with Gasteiger partial charge in [0.1, 0.15) is 6.54 Å². The van der Waals surface area contributed by atoms with Gasteiger partial charge in [-0.05, 0) is 43.2 Å². The number of nitrogens with one attached hydrogen (secondary N) is 2. The van der Waals surface area contributed by atoms with Crippen LogP contribution in [-0.2, 0) is 14.8 Å². The molecule has 7 nitrogen and oxygen atoms in total. The molecular formula is C20H24ClN3O4S. The molecule has 0 aliphatic carbocycles. The Balaban J connectivity index is 2.27. The third-order valence-electron chi connectivity index (χ3n) is 4.18. The third kappa shape index (κ3) is 5.95. The summed E-state index contributed by atoms with van der Waals surface area (Å²) >= 11 is 6.11. The number of hydrogen-bond acceptors (Lipinski definition) is 4. The molecule has 0 aliphatic rings. The highest BCUT2D eigenvalue weighted by molar-refractivity contribution is 7.92. The van der Waals surface area contributed by atoms with Gasteiger partial charge in [0.2, 0.25) is 15.9 Å². The smallest absolute Gasteiger partial charge is 0.253 e. The van der Waals surface area contributed by atoms with E-state index in [1.807, 2.05) is 6.92 Å². The molecule has 0 unspecified atom stereocenters. The average molecular weight is 438 g/mol. The highest BCUT2D eigenvalue weighted by atomic mass is 35.5. The maximum Gasteiger partial charge on any atom is 0.253 e. The van der Waals surface area contributed by atoms with Gasteiger partial charge < -0.3 is 10.6 Å². The SMILES string of the molecule is CCCNC(=O)c1ccccc1NC(=O)CN(c1cccc(Cl)c1C)S(C)(=O)=O. The minimum absolute atomic E-state index is 0.305. The van der Waals surface area contributed by atoms with E-state index in [1.54, 1.807) is 49.4 Å². The number of para-hydroxylation sites is 1. The van der Waals surface area contributed by atoms with Crippen LogP contribution in [0.15, 0.2) is 42.5 Å². The summed E-state index contributed by atoms with van der Waals surface area (Å²) in [4.78, 5) is 25.0. The van der Waals surface area contributed by atoms with Gasteiger partial charge in [0.15, 0.2) is 0 Å². The minimum atomic E-state index is -3.75. The van der Waals surface area contributed by atoms with Crippen molar-refractivity contribution in [2.24, 2.45) is 0 Å². The lowest BCUT2D eigenvalue weighted by molar-refractivity contribution is -0.114. The van der Waals surface area contributed by atoms with Crippen LogP contribution < -0.4 is 14.9 Å². The van der Waals surface area contributed by atoms with E-state index in [0.29, 0.717) is 34.1 Å². The number of amides is 2. The summed E-state index contributed by atoms with van der Waals surface area (Å²) < 4.78 is 25.6. The fourth-order valence-electron chi connectivity index (χ4n) is 2.69. The van der Waals surface area contributed by atoms with Crippen LogP contribution in [0.3, 0.4) is 0 Å². The van der Waals surface area contributed by atoms with Crippen molar-refractivity contribution in [2.75, 3.05) is 29.0 Å². The van der Waals surface area contributed by atoms with Gasteiger partial charge in [-0.25, -0.2) is 8.42 Å². The van der Waals surface area contributed by atoms with Crippen molar-refractivity contribution in [3.05, 3.63) is 58.6 Å². The third-order valence-corrected chi connectivity index (χ3v) is 5.71. The number of halogens is 1. The maximum absolute atomic E-state index is 12.6. The van der Waals surface area contributed by atoms with Gasteiger partial charge in [0.25, 0.3) is 5.91 Å². The van der Waals surface area contributed by atoms with Gasteiger partial charge >= 0.3 is 0 Å². The van der Waals surface area contributed by atoms with E-state index in [9.17, 15) is 18.0 Å². The molecular weight excluding hydrogens is 414 g/mol. The number of rotatable bonds is 8. The molecule has 0 saturated carbocycles. The zero-order valence-electron chi connectivity index (χ0n) is 16.5. The Labute approximate surface area is 176 Å². The first kappa shape index (κ1) is 22.7. The van der Waals surface area contributed by atoms with E-state index >= 15 is 0 Å². The second-order valence-electron chi connectivity index (χ2n) is 6.50. The number of benzene rings is 2. The lowest BCUT2D eigenvalue weighted by Gasteiger charge is -2.24. The first-order valence-corrected chi connectivity index (χ1v) is 11.3. The molecule has 156 valence electrons. The van der Waals surface area contributed by atoms with Crippen molar-refractivity contribution in [3.63, 3.8) is 0 Å². The van der Waals surface area contributed by atoms with Crippen molar-refractivity contribution < 1.29 is 18.0 Å². The zero-order chi connectivity index (χ0) is 21.6. The van der Waals surface area contributed by atoms with Gasteiger partial charge in [-0.2, -0.15) is 0 Å². The second-order valence-corrected chi connectivity index (χ2v) is 8.82. The second kappa shape index (κ2) is 9.76. The number of sulfonamides is 1. The largest absolute Gasteiger partial charge is 0.352 e. The molecule has 0 heterocycles. The standard InChI is InChI=1S/C20H24ClN3O4S/c1-4-12-22-20(26)15-8-5-6-10-17(15)23-19(25)13-24(29(3,27)28)18-11-7-9-16(21)14(18)2/h5-11H,4,12-13H2,1-3H3,(H,22,26)(H,23,25). The van der Waals surface area contributed by atoms with Crippen LogP contribution >= 0.6 is 11.6 Å². The van der Waals surface area contributed by atoms with Crippen LogP contribution in [0.5, 0.6) is 0 Å². The molecule has 29 heavy (non-hydrogen) atoms. The van der Waals surface area contributed by atoms with E-state index in [4.69, 9.17) is 11.6 Å². The molecule has 0 radical (unpaired) electrons. The van der Waals surface area contributed by atoms with Crippen LogP contribution in [0.4, 0.5) is 11.4 Å². The zero-order valence-corrected chi connectivity index (χ0v) is 18.1. The predicted octanol–water partition coefficient (Wildman–Crippen LogP) is 3.19. The highest BCUT2D eigenvalue weighted by Gasteiger charge is 2.24. The molecule has 2 aromatic carbocycles. The summed E-state index contributed by atoms with van der Waals surface area (Å²) in [5.74, 6) is -0.890. The van der Waals surface area contributed by atoms with E-state index < -0.39 is 22.5 Å². The highest BCUT2D eigenvalue weighted by Crippen LogP contribution is 2.28. The fourth-order valence-corrected chi connectivity index (χ4v) is 3.77. The van der Waals surface area contributed by atoms with Gasteiger partial charge in [-0.15, -0.1) is 0 Å². The summed E-state index contributed by atoms with van der Waals surface area (Å²) in [5.41, 5.74) is 1.48. The lowest BCUT2D eigenvalue weighted by Crippen LogP contribution is -2.38. The van der Waals surface area contributed by atoms with Gasteiger partial charge in [0, 0.05) is 11.6 Å². The lowest BCUT2D eigenvalue weighted by atomic mass is 10.1. The van der Waals surface area contributed by atoms with Crippen molar-refractivity contribution >= 4 is 44.8 Å². The summed E-state index contributed by atoms with van der Waals surface area (Å²) in [7, 11) is -3.75. The van der Waals surface area contributed by atoms with Gasteiger partial charge in [-0.1, -0.05) is 36.7 Å². The molecule has 0 aromatic heterocycles. The molecule has 0 spiro atoms. The topological polar surface area (TPSA) is 95.6 Å². The van der Waals surface area contributed by atoms with Crippen molar-refractivity contribution in [1.82, 2.24) is 5.32 Å². The Morgan fingerprint density at radius 1 is 1.10 bits per heavy atom. The molecule has 0 saturated heterocycles. The first-order chi connectivity index (χ1) is 13.6. The Kier molecular flexibility index (Phi) is 7.64. The van der Waals surface area contributed by atoms with Crippen molar-refractivity contribution in [2.45, 2.75) is 20.3 Å². The van der Waals surface area contributed by atoms with E-state index in [-0.39, 0.29) is 5.91 Å². The molecule has 2 amide bonds. The Bertz CT molecular complexity index is 1010. The summed E-state index contributed by atoms with van der Waals surface area (Å²) in [6, 6.07) is 11.4. The normalized spacial score (nSPS) is 11.0. The van der Waals surface area contributed by atoms with Crippen LogP contribution in [-0.4, -0.2) is 39.6 Å². The number of carbonyl (C=O) groups is 2. The summed E-state index contributed by atoms with van der Waals surface area (Å²) in [6.45, 7) is 3.68. The minimum Gasteiger partial charge on any atom is -0.352 e. The molecule has 9 heteroatoms. The van der Waals surface area contributed by atoms with Gasteiger partial charge in [0.05, 0.1) is 23.2 Å². The monoisotopic (exact) mass is 437 g/mol. The molecule has 0 fully saturated rings. The van der Waals surface area contributed by atoms with Gasteiger partial charge in [-0.3, -0.25) is 13.9 Å². The average Bonchev–Trinajstić information content (AvgIpc) is 2.66. The number of nitrogens with zero attached hydrogens (tertiary/aromatic N) is 1. The number of hydrogen-bond donors (Lipinski definition) is 2. The van der Waals surface area contributed by atoms with Crippen molar-refractivity contribution in [1.29, 1.82) is 0 Å². The quantitative estimate of drug-likeness (QED) is 0.662. The van der Waals surface area contributed by atoms with Crippen LogP contribution in [0.2, 0.25) is 5.02 Å². The Hall–Kier alpha value is -2.58. The van der Waals surface area contributed by atoms with Crippen molar-refractivity contribution in [3.8, 4) is 0 Å². The molecule has 2 N–H and O–H groups in total. The Morgan fingerprint density at radius 2 is 1.79 bits per heavy atom. The first-order valence-electron chi connectivity index (χ1n) is 9.05. The van der Waals surface area contributed by atoms with E-state index in [0.717, 1.165) is 17.0 Å². The Morgan fingerprint density at radius 3 is 2.45 bits per heavy atom. The number of anilines is 2. The van der Waals surface area contributed by atoms with E-state index in [2.05, 4.69) is 10.6 Å². The molecule has 0 atom stereocenters. The molecule has 2 aromatic rings.